The van der Waals surface area contributed by atoms with E-state index in [-0.39, 0.29) is 17.1 Å². The van der Waals surface area contributed by atoms with E-state index in [2.05, 4.69) is 0 Å². The molecule has 21 heavy (non-hydrogen) atoms. The van der Waals surface area contributed by atoms with Crippen molar-refractivity contribution in [2.75, 3.05) is 0 Å². The molecule has 0 bridgehead atoms. The fraction of sp³-hybridized carbons (Fsp3) is 0.0714. The van der Waals surface area contributed by atoms with Crippen LogP contribution in [0, 0.1) is 22.9 Å². The van der Waals surface area contributed by atoms with Crippen molar-refractivity contribution in [3.05, 3.63) is 63.5 Å². The molecule has 2 rings (SSSR count). The van der Waals surface area contributed by atoms with E-state index in [4.69, 9.17) is 9.84 Å². The summed E-state index contributed by atoms with van der Waals surface area (Å²) in [7, 11) is 0. The zero-order chi connectivity index (χ0) is 15.6. The highest BCUT2D eigenvalue weighted by atomic mass is 19.1. The number of carbonyl (C=O) groups is 1. The first kappa shape index (κ1) is 14.4. The molecule has 6 nitrogen and oxygen atoms in total. The Morgan fingerprint density at radius 3 is 2.62 bits per heavy atom. The third-order valence-electron chi connectivity index (χ3n) is 2.77. The van der Waals surface area contributed by atoms with Gasteiger partial charge in [0.25, 0.3) is 0 Å². The maximum Gasteiger partial charge on any atom is 0.339 e. The van der Waals surface area contributed by atoms with E-state index in [9.17, 15) is 19.3 Å². The SMILES string of the molecule is Cc1cc(F)ccc1Oc1c(C(=O)O)cccc1[N+](=O)[O-]. The molecule has 1 N–H and O–H groups in total. The number of benzene rings is 2. The summed E-state index contributed by atoms with van der Waals surface area (Å²) in [4.78, 5) is 21.4. The number of aromatic carboxylic acids is 1. The average Bonchev–Trinajstić information content (AvgIpc) is 2.41. The lowest BCUT2D eigenvalue weighted by atomic mass is 10.1. The quantitative estimate of drug-likeness (QED) is 0.687. The van der Waals surface area contributed by atoms with Crippen LogP contribution in [-0.4, -0.2) is 16.0 Å². The van der Waals surface area contributed by atoms with E-state index < -0.39 is 22.4 Å². The van der Waals surface area contributed by atoms with Gasteiger partial charge in [0.2, 0.25) is 5.75 Å². The zero-order valence-electron chi connectivity index (χ0n) is 10.9. The topological polar surface area (TPSA) is 89.7 Å². The molecular formula is C14H10FNO5. The van der Waals surface area contributed by atoms with Crippen molar-refractivity contribution in [2.45, 2.75) is 6.92 Å². The minimum Gasteiger partial charge on any atom is -0.478 e. The van der Waals surface area contributed by atoms with Gasteiger partial charge < -0.3 is 9.84 Å². The van der Waals surface area contributed by atoms with Gasteiger partial charge in [0.15, 0.2) is 0 Å². The van der Waals surface area contributed by atoms with Crippen LogP contribution >= 0.6 is 0 Å². The van der Waals surface area contributed by atoms with Crippen LogP contribution in [-0.2, 0) is 0 Å². The van der Waals surface area contributed by atoms with Gasteiger partial charge >= 0.3 is 11.7 Å². The molecule has 0 radical (unpaired) electrons. The van der Waals surface area contributed by atoms with E-state index in [1.807, 2.05) is 0 Å². The maximum absolute atomic E-state index is 13.0. The largest absolute Gasteiger partial charge is 0.478 e. The van der Waals surface area contributed by atoms with E-state index in [1.54, 1.807) is 6.92 Å². The monoisotopic (exact) mass is 291 g/mol. The molecule has 2 aromatic carbocycles. The molecule has 7 heteroatoms. The van der Waals surface area contributed by atoms with Crippen LogP contribution in [0.2, 0.25) is 0 Å². The Labute approximate surface area is 118 Å². The molecule has 0 atom stereocenters. The molecular weight excluding hydrogens is 281 g/mol. The number of rotatable bonds is 4. The van der Waals surface area contributed by atoms with E-state index in [0.717, 1.165) is 12.1 Å². The maximum atomic E-state index is 13.0. The van der Waals surface area contributed by atoms with Crippen LogP contribution in [0.25, 0.3) is 0 Å². The molecule has 0 aliphatic heterocycles. The number of carboxylic acids is 1. The smallest absolute Gasteiger partial charge is 0.339 e. The molecule has 0 spiro atoms. The summed E-state index contributed by atoms with van der Waals surface area (Å²) in [5.41, 5.74) is -0.420. The molecule has 0 aliphatic carbocycles. The molecule has 0 heterocycles. The summed E-state index contributed by atoms with van der Waals surface area (Å²) in [5, 5.41) is 20.1. The number of hydrogen-bond acceptors (Lipinski definition) is 4. The number of carboxylic acid groups (broad SMARTS) is 1. The predicted molar refractivity (Wildman–Crippen MR) is 71.3 cm³/mol. The summed E-state index contributed by atoms with van der Waals surface area (Å²) in [6.07, 6.45) is 0. The Kier molecular flexibility index (Phi) is 3.84. The first-order valence-electron chi connectivity index (χ1n) is 5.85. The fourth-order valence-electron chi connectivity index (χ4n) is 1.78. The molecule has 0 aliphatic rings. The highest BCUT2D eigenvalue weighted by Crippen LogP contribution is 2.36. The van der Waals surface area contributed by atoms with Crippen LogP contribution in [0.15, 0.2) is 36.4 Å². The lowest BCUT2D eigenvalue weighted by Gasteiger charge is -2.11. The third kappa shape index (κ3) is 2.97. The Morgan fingerprint density at radius 2 is 2.05 bits per heavy atom. The number of para-hydroxylation sites is 1. The highest BCUT2D eigenvalue weighted by molar-refractivity contribution is 5.92. The minimum absolute atomic E-state index is 0.146. The predicted octanol–water partition coefficient (Wildman–Crippen LogP) is 3.53. The van der Waals surface area contributed by atoms with Crippen molar-refractivity contribution in [1.29, 1.82) is 0 Å². The summed E-state index contributed by atoms with van der Waals surface area (Å²) in [6, 6.07) is 7.19. The second-order valence-corrected chi connectivity index (χ2v) is 4.23. The molecule has 2 aromatic rings. The van der Waals surface area contributed by atoms with Crippen LogP contribution in [0.4, 0.5) is 10.1 Å². The summed E-state index contributed by atoms with van der Waals surface area (Å²) >= 11 is 0. The Bertz CT molecular complexity index is 697. The van der Waals surface area contributed by atoms with Crippen molar-refractivity contribution in [2.24, 2.45) is 0 Å². The molecule has 0 unspecified atom stereocenters. The van der Waals surface area contributed by atoms with Gasteiger partial charge in [-0.15, -0.1) is 0 Å². The highest BCUT2D eigenvalue weighted by Gasteiger charge is 2.24. The first-order chi connectivity index (χ1) is 9.90. The second kappa shape index (κ2) is 5.58. The molecule has 0 amide bonds. The fourth-order valence-corrected chi connectivity index (χ4v) is 1.78. The Hall–Kier alpha value is -2.96. The molecule has 0 saturated heterocycles. The van der Waals surface area contributed by atoms with Gasteiger partial charge in [0.1, 0.15) is 17.1 Å². The zero-order valence-corrected chi connectivity index (χ0v) is 10.9. The summed E-state index contributed by atoms with van der Waals surface area (Å²) < 4.78 is 18.4. The standard InChI is InChI=1S/C14H10FNO5/c1-8-7-9(15)5-6-12(8)21-13-10(14(17)18)3-2-4-11(13)16(19)20/h2-7H,1H3,(H,17,18). The van der Waals surface area contributed by atoms with Gasteiger partial charge in [0.05, 0.1) is 4.92 Å². The molecule has 108 valence electrons. The van der Waals surface area contributed by atoms with E-state index >= 15 is 0 Å². The van der Waals surface area contributed by atoms with Gasteiger partial charge in [-0.1, -0.05) is 6.07 Å². The van der Waals surface area contributed by atoms with Crippen molar-refractivity contribution in [3.8, 4) is 11.5 Å². The van der Waals surface area contributed by atoms with Crippen LogP contribution < -0.4 is 4.74 Å². The van der Waals surface area contributed by atoms with E-state index in [0.29, 0.717) is 5.56 Å². The Morgan fingerprint density at radius 1 is 1.33 bits per heavy atom. The second-order valence-electron chi connectivity index (χ2n) is 4.23. The van der Waals surface area contributed by atoms with Gasteiger partial charge in [-0.25, -0.2) is 9.18 Å². The Balaban J connectivity index is 2.56. The van der Waals surface area contributed by atoms with Crippen molar-refractivity contribution in [1.82, 2.24) is 0 Å². The number of nitrogens with zero attached hydrogens (tertiary/aromatic N) is 1. The number of aryl methyl sites for hydroxylation is 1. The van der Waals surface area contributed by atoms with Crippen LogP contribution in [0.5, 0.6) is 11.5 Å². The van der Waals surface area contributed by atoms with Crippen molar-refractivity contribution in [3.63, 3.8) is 0 Å². The third-order valence-corrected chi connectivity index (χ3v) is 2.77. The number of nitro groups is 1. The normalized spacial score (nSPS) is 10.2. The van der Waals surface area contributed by atoms with Gasteiger partial charge in [-0.05, 0) is 36.8 Å². The van der Waals surface area contributed by atoms with Crippen molar-refractivity contribution < 1.29 is 24.0 Å². The summed E-state index contributed by atoms with van der Waals surface area (Å²) in [6.45, 7) is 1.55. The van der Waals surface area contributed by atoms with Crippen molar-refractivity contribution >= 4 is 11.7 Å². The van der Waals surface area contributed by atoms with Crippen LogP contribution in [0.3, 0.4) is 0 Å². The lowest BCUT2D eigenvalue weighted by molar-refractivity contribution is -0.385. The average molecular weight is 291 g/mol. The van der Waals surface area contributed by atoms with Gasteiger partial charge in [-0.3, -0.25) is 10.1 Å². The van der Waals surface area contributed by atoms with E-state index in [1.165, 1.54) is 24.3 Å². The molecule has 0 fully saturated rings. The van der Waals surface area contributed by atoms with Crippen LogP contribution in [0.1, 0.15) is 15.9 Å². The van der Waals surface area contributed by atoms with Gasteiger partial charge in [-0.2, -0.15) is 0 Å². The summed E-state index contributed by atoms with van der Waals surface area (Å²) in [5.74, 6) is -2.08. The number of halogens is 1. The number of ether oxygens (including phenoxy) is 1. The van der Waals surface area contributed by atoms with Gasteiger partial charge in [0, 0.05) is 6.07 Å². The molecule has 0 saturated carbocycles. The number of nitro benzene ring substituents is 1. The number of hydrogen-bond donors (Lipinski definition) is 1. The minimum atomic E-state index is -1.35. The first-order valence-corrected chi connectivity index (χ1v) is 5.85. The molecule has 0 aromatic heterocycles. The lowest BCUT2D eigenvalue weighted by Crippen LogP contribution is -2.03.